The van der Waals surface area contributed by atoms with Gasteiger partial charge in [0.25, 0.3) is 5.56 Å². The highest BCUT2D eigenvalue weighted by molar-refractivity contribution is 5.78. The molecule has 0 saturated carbocycles. The van der Waals surface area contributed by atoms with Gasteiger partial charge in [0.05, 0.1) is 12.6 Å². The zero-order valence-corrected chi connectivity index (χ0v) is 12.1. The Labute approximate surface area is 128 Å². The van der Waals surface area contributed by atoms with Crippen molar-refractivity contribution in [3.05, 3.63) is 82.1 Å². The summed E-state index contributed by atoms with van der Waals surface area (Å²) in [6, 6.07) is 19.1. The SMILES string of the molecule is O=c1[nH]c2ccccc2cc1CNC(CO)c1ccccc1. The van der Waals surface area contributed by atoms with E-state index in [1.807, 2.05) is 60.7 Å². The van der Waals surface area contributed by atoms with Gasteiger partial charge >= 0.3 is 0 Å². The standard InChI is InChI=1S/C18H18N2O2/c21-12-17(13-6-2-1-3-7-13)19-11-15-10-14-8-4-5-9-16(14)20-18(15)22/h1-10,17,19,21H,11-12H2,(H,20,22). The van der Waals surface area contributed by atoms with Crippen molar-refractivity contribution in [3.8, 4) is 0 Å². The molecular formula is C18H18N2O2. The smallest absolute Gasteiger partial charge is 0.252 e. The van der Waals surface area contributed by atoms with Crippen LogP contribution in [0.4, 0.5) is 0 Å². The van der Waals surface area contributed by atoms with Crippen molar-refractivity contribution in [3.63, 3.8) is 0 Å². The van der Waals surface area contributed by atoms with Crippen molar-refractivity contribution in [2.45, 2.75) is 12.6 Å². The van der Waals surface area contributed by atoms with E-state index in [-0.39, 0.29) is 18.2 Å². The number of pyridine rings is 1. The summed E-state index contributed by atoms with van der Waals surface area (Å²) in [4.78, 5) is 15.0. The first-order valence-electron chi connectivity index (χ1n) is 7.28. The summed E-state index contributed by atoms with van der Waals surface area (Å²) < 4.78 is 0. The minimum absolute atomic E-state index is 0.0184. The van der Waals surface area contributed by atoms with Crippen LogP contribution in [0.25, 0.3) is 10.9 Å². The average molecular weight is 294 g/mol. The Bertz CT molecular complexity index is 812. The highest BCUT2D eigenvalue weighted by Gasteiger charge is 2.10. The van der Waals surface area contributed by atoms with Crippen LogP contribution in [0, 0.1) is 0 Å². The third-order valence-corrected chi connectivity index (χ3v) is 3.75. The highest BCUT2D eigenvalue weighted by atomic mass is 16.3. The van der Waals surface area contributed by atoms with Crippen LogP contribution in [0.1, 0.15) is 17.2 Å². The van der Waals surface area contributed by atoms with E-state index < -0.39 is 0 Å². The normalized spacial score (nSPS) is 12.4. The molecular weight excluding hydrogens is 276 g/mol. The van der Waals surface area contributed by atoms with E-state index in [4.69, 9.17) is 0 Å². The van der Waals surface area contributed by atoms with Gasteiger partial charge in [0.2, 0.25) is 0 Å². The number of aliphatic hydroxyl groups excluding tert-OH is 1. The summed E-state index contributed by atoms with van der Waals surface area (Å²) in [6.07, 6.45) is 0. The van der Waals surface area contributed by atoms with Gasteiger partial charge in [0.1, 0.15) is 0 Å². The molecule has 3 rings (SSSR count). The highest BCUT2D eigenvalue weighted by Crippen LogP contribution is 2.14. The molecule has 2 aromatic carbocycles. The number of aromatic amines is 1. The molecule has 4 heteroatoms. The van der Waals surface area contributed by atoms with E-state index in [0.717, 1.165) is 16.5 Å². The summed E-state index contributed by atoms with van der Waals surface area (Å²) in [7, 11) is 0. The first-order chi connectivity index (χ1) is 10.8. The Kier molecular flexibility index (Phi) is 4.32. The van der Waals surface area contributed by atoms with E-state index in [9.17, 15) is 9.90 Å². The lowest BCUT2D eigenvalue weighted by molar-refractivity contribution is 0.243. The molecule has 0 aliphatic heterocycles. The first kappa shape index (κ1) is 14.5. The van der Waals surface area contributed by atoms with Gasteiger partial charge in [-0.15, -0.1) is 0 Å². The number of benzene rings is 2. The summed E-state index contributed by atoms with van der Waals surface area (Å²) in [5.74, 6) is 0. The number of hydrogen-bond donors (Lipinski definition) is 3. The minimum atomic E-state index is -0.188. The fraction of sp³-hybridized carbons (Fsp3) is 0.167. The average Bonchev–Trinajstić information content (AvgIpc) is 2.56. The van der Waals surface area contributed by atoms with Gasteiger partial charge in [0, 0.05) is 17.6 Å². The van der Waals surface area contributed by atoms with Gasteiger partial charge in [-0.3, -0.25) is 4.79 Å². The summed E-state index contributed by atoms with van der Waals surface area (Å²) >= 11 is 0. The van der Waals surface area contributed by atoms with Gasteiger partial charge in [-0.2, -0.15) is 0 Å². The lowest BCUT2D eigenvalue weighted by atomic mass is 10.1. The van der Waals surface area contributed by atoms with Gasteiger partial charge < -0.3 is 15.4 Å². The molecule has 0 saturated heterocycles. The molecule has 0 aliphatic carbocycles. The van der Waals surface area contributed by atoms with Gasteiger partial charge in [0.15, 0.2) is 0 Å². The van der Waals surface area contributed by atoms with E-state index in [0.29, 0.717) is 12.1 Å². The number of hydrogen-bond acceptors (Lipinski definition) is 3. The van der Waals surface area contributed by atoms with Crippen molar-refractivity contribution < 1.29 is 5.11 Å². The fourth-order valence-electron chi connectivity index (χ4n) is 2.53. The fourth-order valence-corrected chi connectivity index (χ4v) is 2.53. The number of rotatable bonds is 5. The molecule has 0 spiro atoms. The molecule has 0 radical (unpaired) electrons. The third-order valence-electron chi connectivity index (χ3n) is 3.75. The third kappa shape index (κ3) is 3.08. The number of nitrogens with one attached hydrogen (secondary N) is 2. The molecule has 3 aromatic rings. The number of aliphatic hydroxyl groups is 1. The van der Waals surface area contributed by atoms with E-state index >= 15 is 0 Å². The second-order valence-corrected chi connectivity index (χ2v) is 5.24. The van der Waals surface area contributed by atoms with Crippen LogP contribution in [0.3, 0.4) is 0 Å². The zero-order chi connectivity index (χ0) is 15.4. The van der Waals surface area contributed by atoms with E-state index in [1.165, 1.54) is 0 Å². The molecule has 1 atom stereocenters. The molecule has 0 fully saturated rings. The lowest BCUT2D eigenvalue weighted by Gasteiger charge is -2.16. The molecule has 112 valence electrons. The molecule has 1 heterocycles. The van der Waals surface area contributed by atoms with Crippen molar-refractivity contribution in [2.24, 2.45) is 0 Å². The minimum Gasteiger partial charge on any atom is -0.394 e. The maximum absolute atomic E-state index is 12.1. The summed E-state index contributed by atoms with van der Waals surface area (Å²) in [5.41, 5.74) is 2.39. The van der Waals surface area contributed by atoms with Crippen LogP contribution in [-0.2, 0) is 6.54 Å². The largest absolute Gasteiger partial charge is 0.394 e. The Morgan fingerprint density at radius 3 is 2.55 bits per heavy atom. The molecule has 22 heavy (non-hydrogen) atoms. The molecule has 0 amide bonds. The maximum Gasteiger partial charge on any atom is 0.252 e. The monoisotopic (exact) mass is 294 g/mol. The van der Waals surface area contributed by atoms with Crippen molar-refractivity contribution in [1.82, 2.24) is 10.3 Å². The topological polar surface area (TPSA) is 65.1 Å². The lowest BCUT2D eigenvalue weighted by Crippen LogP contribution is -2.27. The molecule has 0 aliphatic rings. The maximum atomic E-state index is 12.1. The number of aromatic nitrogens is 1. The number of fused-ring (bicyclic) bond motifs is 1. The Morgan fingerprint density at radius 1 is 1.05 bits per heavy atom. The van der Waals surface area contributed by atoms with Crippen LogP contribution >= 0.6 is 0 Å². The Balaban J connectivity index is 1.81. The van der Waals surface area contributed by atoms with Gasteiger partial charge in [-0.25, -0.2) is 0 Å². The Hall–Kier alpha value is -2.43. The van der Waals surface area contributed by atoms with Gasteiger partial charge in [-0.05, 0) is 23.1 Å². The predicted octanol–water partition coefficient (Wildman–Crippen LogP) is 2.35. The second kappa shape index (κ2) is 6.56. The van der Waals surface area contributed by atoms with Crippen LogP contribution in [0.15, 0.2) is 65.5 Å². The predicted molar refractivity (Wildman–Crippen MR) is 87.7 cm³/mol. The van der Waals surface area contributed by atoms with Crippen LogP contribution in [0.5, 0.6) is 0 Å². The van der Waals surface area contributed by atoms with Gasteiger partial charge in [-0.1, -0.05) is 48.5 Å². The summed E-state index contributed by atoms with van der Waals surface area (Å²) in [5, 5.41) is 13.8. The second-order valence-electron chi connectivity index (χ2n) is 5.24. The number of H-pyrrole nitrogens is 1. The molecule has 1 unspecified atom stereocenters. The summed E-state index contributed by atoms with van der Waals surface area (Å²) in [6.45, 7) is 0.385. The van der Waals surface area contributed by atoms with Crippen LogP contribution in [-0.4, -0.2) is 16.7 Å². The van der Waals surface area contributed by atoms with E-state index in [1.54, 1.807) is 0 Å². The van der Waals surface area contributed by atoms with Crippen molar-refractivity contribution in [1.29, 1.82) is 0 Å². The van der Waals surface area contributed by atoms with Crippen molar-refractivity contribution >= 4 is 10.9 Å². The van der Waals surface area contributed by atoms with Crippen molar-refractivity contribution in [2.75, 3.05) is 6.61 Å². The molecule has 1 aromatic heterocycles. The van der Waals surface area contributed by atoms with Crippen LogP contribution in [0.2, 0.25) is 0 Å². The van der Waals surface area contributed by atoms with Crippen LogP contribution < -0.4 is 10.9 Å². The molecule has 0 bridgehead atoms. The molecule has 4 nitrogen and oxygen atoms in total. The Morgan fingerprint density at radius 2 is 1.77 bits per heavy atom. The first-order valence-corrected chi connectivity index (χ1v) is 7.28. The zero-order valence-electron chi connectivity index (χ0n) is 12.1. The van der Waals surface area contributed by atoms with E-state index in [2.05, 4.69) is 10.3 Å². The number of para-hydroxylation sites is 1. The quantitative estimate of drug-likeness (QED) is 0.677. The molecule has 3 N–H and O–H groups in total.